The van der Waals surface area contributed by atoms with Crippen molar-refractivity contribution in [3.63, 3.8) is 0 Å². The van der Waals surface area contributed by atoms with E-state index in [1.165, 1.54) is 0 Å². The summed E-state index contributed by atoms with van der Waals surface area (Å²) in [4.78, 5) is 1.71. The Labute approximate surface area is 78.3 Å². The van der Waals surface area contributed by atoms with Gasteiger partial charge in [-0.05, 0) is 7.05 Å². The summed E-state index contributed by atoms with van der Waals surface area (Å²) in [5.74, 6) is 0. The van der Waals surface area contributed by atoms with Gasteiger partial charge in [0.15, 0.2) is 11.3 Å². The maximum atomic E-state index is 13.7. The SMILES string of the molecule is CC.CN1CC2(F)CNCC2(F)C1. The molecule has 0 aromatic rings. The lowest BCUT2D eigenvalue weighted by Gasteiger charge is -2.22. The molecule has 1 N–H and O–H groups in total. The van der Waals surface area contributed by atoms with Crippen LogP contribution < -0.4 is 5.32 Å². The first-order chi connectivity index (χ1) is 6.06. The monoisotopic (exact) mass is 192 g/mol. The second-order valence-electron chi connectivity index (χ2n) is 3.71. The first-order valence-electron chi connectivity index (χ1n) is 4.83. The first kappa shape index (κ1) is 10.9. The molecule has 2 rings (SSSR count). The zero-order valence-corrected chi connectivity index (χ0v) is 8.53. The van der Waals surface area contributed by atoms with E-state index < -0.39 is 11.3 Å². The summed E-state index contributed by atoms with van der Waals surface area (Å²) in [6, 6.07) is 0. The number of nitrogens with zero attached hydrogens (tertiary/aromatic N) is 1. The third-order valence-electron chi connectivity index (χ3n) is 2.65. The van der Waals surface area contributed by atoms with Crippen LogP contribution in [0.3, 0.4) is 0 Å². The molecule has 2 atom stereocenters. The number of rotatable bonds is 0. The van der Waals surface area contributed by atoms with Gasteiger partial charge in [0.1, 0.15) is 0 Å². The Morgan fingerprint density at radius 1 is 1.08 bits per heavy atom. The average Bonchev–Trinajstić information content (AvgIpc) is 2.40. The Hall–Kier alpha value is -0.220. The predicted octanol–water partition coefficient (Wildman–Crippen LogP) is 0.978. The first-order valence-corrected chi connectivity index (χ1v) is 4.83. The van der Waals surface area contributed by atoms with Gasteiger partial charge in [-0.2, -0.15) is 0 Å². The van der Waals surface area contributed by atoms with Gasteiger partial charge in [-0.15, -0.1) is 0 Å². The zero-order chi connectivity index (χ0) is 10.1. The molecular formula is C9H18F2N2. The normalized spacial score (nSPS) is 44.1. The van der Waals surface area contributed by atoms with E-state index in [0.717, 1.165) is 0 Å². The van der Waals surface area contributed by atoms with E-state index in [-0.39, 0.29) is 26.2 Å². The van der Waals surface area contributed by atoms with Crippen molar-refractivity contribution >= 4 is 0 Å². The van der Waals surface area contributed by atoms with Gasteiger partial charge in [0.2, 0.25) is 0 Å². The number of nitrogens with one attached hydrogen (secondary N) is 1. The molecule has 0 saturated carbocycles. The number of alkyl halides is 2. The van der Waals surface area contributed by atoms with Crippen molar-refractivity contribution < 1.29 is 8.78 Å². The maximum absolute atomic E-state index is 13.7. The van der Waals surface area contributed by atoms with Crippen LogP contribution in [0.5, 0.6) is 0 Å². The van der Waals surface area contributed by atoms with Crippen molar-refractivity contribution in [2.75, 3.05) is 33.2 Å². The van der Waals surface area contributed by atoms with E-state index in [1.54, 1.807) is 11.9 Å². The summed E-state index contributed by atoms with van der Waals surface area (Å²) in [5, 5.41) is 2.75. The summed E-state index contributed by atoms with van der Waals surface area (Å²) in [6.07, 6.45) is 0. The summed E-state index contributed by atoms with van der Waals surface area (Å²) >= 11 is 0. The zero-order valence-electron chi connectivity index (χ0n) is 8.53. The number of likely N-dealkylation sites (tertiary alicyclic amines) is 1. The molecule has 0 spiro atoms. The van der Waals surface area contributed by atoms with Crippen molar-refractivity contribution in [1.82, 2.24) is 10.2 Å². The summed E-state index contributed by atoms with van der Waals surface area (Å²) in [7, 11) is 1.75. The van der Waals surface area contributed by atoms with Crippen LogP contribution in [-0.4, -0.2) is 49.5 Å². The molecule has 0 bridgehead atoms. The van der Waals surface area contributed by atoms with Crippen molar-refractivity contribution in [2.45, 2.75) is 25.2 Å². The molecule has 2 heterocycles. The molecule has 2 nitrogen and oxygen atoms in total. The van der Waals surface area contributed by atoms with Gasteiger partial charge in [0.25, 0.3) is 0 Å². The van der Waals surface area contributed by atoms with Gasteiger partial charge >= 0.3 is 0 Å². The van der Waals surface area contributed by atoms with Crippen LogP contribution >= 0.6 is 0 Å². The van der Waals surface area contributed by atoms with E-state index >= 15 is 0 Å². The largest absolute Gasteiger partial charge is 0.310 e. The fraction of sp³-hybridized carbons (Fsp3) is 1.00. The second-order valence-corrected chi connectivity index (χ2v) is 3.71. The molecule has 4 heteroatoms. The number of hydrogen-bond acceptors (Lipinski definition) is 2. The van der Waals surface area contributed by atoms with Gasteiger partial charge in [0, 0.05) is 26.2 Å². The number of hydrogen-bond donors (Lipinski definition) is 1. The second kappa shape index (κ2) is 3.50. The highest BCUT2D eigenvalue weighted by Crippen LogP contribution is 2.40. The molecule has 0 radical (unpaired) electrons. The van der Waals surface area contributed by atoms with Crippen LogP contribution in [-0.2, 0) is 0 Å². The quantitative estimate of drug-likeness (QED) is 0.615. The molecular weight excluding hydrogens is 174 g/mol. The maximum Gasteiger partial charge on any atom is 0.172 e. The van der Waals surface area contributed by atoms with E-state index in [2.05, 4.69) is 5.32 Å². The van der Waals surface area contributed by atoms with E-state index in [0.29, 0.717) is 0 Å². The minimum atomic E-state index is -1.64. The van der Waals surface area contributed by atoms with Crippen LogP contribution in [0.2, 0.25) is 0 Å². The van der Waals surface area contributed by atoms with Crippen LogP contribution in [0.15, 0.2) is 0 Å². The minimum Gasteiger partial charge on any atom is -0.310 e. The van der Waals surface area contributed by atoms with Crippen LogP contribution in [0.4, 0.5) is 8.78 Å². The summed E-state index contributed by atoms with van der Waals surface area (Å²) in [5.41, 5.74) is -3.27. The summed E-state index contributed by atoms with van der Waals surface area (Å²) in [6.45, 7) is 4.76. The van der Waals surface area contributed by atoms with Gasteiger partial charge in [-0.3, -0.25) is 4.90 Å². The van der Waals surface area contributed by atoms with Crippen LogP contribution in [0.25, 0.3) is 0 Å². The summed E-state index contributed by atoms with van der Waals surface area (Å²) < 4.78 is 27.3. The highest BCUT2D eigenvalue weighted by molar-refractivity contribution is 5.15. The molecule has 78 valence electrons. The molecule has 0 aromatic carbocycles. The number of halogens is 2. The van der Waals surface area contributed by atoms with Crippen LogP contribution in [0.1, 0.15) is 13.8 Å². The standard InChI is InChI=1S/C7H12F2N2.C2H6/c1-11-4-6(8)2-10-3-7(6,9)5-11;1-2/h10H,2-5H2,1H3;1-2H3. The van der Waals surface area contributed by atoms with Crippen LogP contribution in [0, 0.1) is 0 Å². The Balaban J connectivity index is 0.000000396. The Morgan fingerprint density at radius 2 is 1.46 bits per heavy atom. The lowest BCUT2D eigenvalue weighted by atomic mass is 9.94. The Morgan fingerprint density at radius 3 is 1.85 bits per heavy atom. The van der Waals surface area contributed by atoms with E-state index in [9.17, 15) is 8.78 Å². The Bertz CT molecular complexity index is 170. The van der Waals surface area contributed by atoms with Crippen molar-refractivity contribution in [1.29, 1.82) is 0 Å². The molecule has 2 aliphatic rings. The lowest BCUT2D eigenvalue weighted by molar-refractivity contribution is 0.0491. The molecule has 0 aromatic heterocycles. The predicted molar refractivity (Wildman–Crippen MR) is 49.4 cm³/mol. The van der Waals surface area contributed by atoms with Gasteiger partial charge in [-0.1, -0.05) is 13.8 Å². The fourth-order valence-electron chi connectivity index (χ4n) is 2.08. The smallest absolute Gasteiger partial charge is 0.172 e. The van der Waals surface area contributed by atoms with Crippen molar-refractivity contribution in [2.24, 2.45) is 0 Å². The van der Waals surface area contributed by atoms with Gasteiger partial charge in [0.05, 0.1) is 0 Å². The van der Waals surface area contributed by atoms with Crippen molar-refractivity contribution in [3.8, 4) is 0 Å². The Kier molecular flexibility index (Phi) is 2.92. The average molecular weight is 192 g/mol. The third kappa shape index (κ3) is 1.57. The molecule has 0 aliphatic carbocycles. The van der Waals surface area contributed by atoms with Gasteiger partial charge in [-0.25, -0.2) is 8.78 Å². The lowest BCUT2D eigenvalue weighted by Crippen LogP contribution is -2.44. The molecule has 2 aliphatic heterocycles. The third-order valence-corrected chi connectivity index (χ3v) is 2.65. The topological polar surface area (TPSA) is 15.3 Å². The molecule has 2 fully saturated rings. The van der Waals surface area contributed by atoms with E-state index in [4.69, 9.17) is 0 Å². The molecule has 13 heavy (non-hydrogen) atoms. The molecule has 2 unspecified atom stereocenters. The molecule has 2 saturated heterocycles. The highest BCUT2D eigenvalue weighted by atomic mass is 19.2. The fourth-order valence-corrected chi connectivity index (χ4v) is 2.08. The van der Waals surface area contributed by atoms with Gasteiger partial charge < -0.3 is 5.32 Å². The number of fused-ring (bicyclic) bond motifs is 1. The molecule has 0 amide bonds. The van der Waals surface area contributed by atoms with Crippen molar-refractivity contribution in [3.05, 3.63) is 0 Å². The van der Waals surface area contributed by atoms with E-state index in [1.807, 2.05) is 13.8 Å². The minimum absolute atomic E-state index is 0.161. The highest BCUT2D eigenvalue weighted by Gasteiger charge is 2.62.